The predicted molar refractivity (Wildman–Crippen MR) is 68.5 cm³/mol. The second kappa shape index (κ2) is 6.39. The molecule has 5 heteroatoms. The summed E-state index contributed by atoms with van der Waals surface area (Å²) in [6.45, 7) is 11.8. The van der Waals surface area contributed by atoms with Gasteiger partial charge in [-0.15, -0.1) is 13.2 Å². The monoisotopic (exact) mass is 246 g/mol. The molecule has 2 unspecified atom stereocenters. The van der Waals surface area contributed by atoms with Gasteiger partial charge in [-0.2, -0.15) is 0 Å². The van der Waals surface area contributed by atoms with Crippen molar-refractivity contribution in [3.63, 3.8) is 0 Å². The molecule has 0 heterocycles. The van der Waals surface area contributed by atoms with Crippen molar-refractivity contribution in [3.05, 3.63) is 24.6 Å². The SMILES string of the molecule is C=C[Si](C)(COC)O[Si](C)(C=C)COC. The first-order chi connectivity index (χ1) is 6.95. The van der Waals surface area contributed by atoms with Gasteiger partial charge in [-0.3, -0.25) is 0 Å². The molecular weight excluding hydrogens is 224 g/mol. The Kier molecular flexibility index (Phi) is 6.30. The summed E-state index contributed by atoms with van der Waals surface area (Å²) in [6.07, 6.45) is 1.24. The molecule has 0 saturated carbocycles. The molecule has 0 aromatic carbocycles. The Hall–Kier alpha value is -0.206. The summed E-state index contributed by atoms with van der Waals surface area (Å²) in [5.74, 6) is 0. The second-order valence-electron chi connectivity index (χ2n) is 4.00. The first-order valence-corrected chi connectivity index (χ1v) is 10.3. The lowest BCUT2D eigenvalue weighted by molar-refractivity contribution is 0.221. The van der Waals surface area contributed by atoms with Crippen molar-refractivity contribution in [1.29, 1.82) is 0 Å². The van der Waals surface area contributed by atoms with Crippen LogP contribution >= 0.6 is 0 Å². The first kappa shape index (κ1) is 14.8. The molecule has 0 saturated heterocycles. The quantitative estimate of drug-likeness (QED) is 0.613. The summed E-state index contributed by atoms with van der Waals surface area (Å²) in [5, 5.41) is 0. The molecule has 0 aromatic heterocycles. The van der Waals surface area contributed by atoms with Crippen molar-refractivity contribution >= 4 is 16.6 Å². The third-order valence-electron chi connectivity index (χ3n) is 2.19. The number of rotatable bonds is 8. The molecule has 0 aliphatic heterocycles. The largest absolute Gasteiger partial charge is 0.447 e. The minimum absolute atomic E-state index is 0.622. The first-order valence-electron chi connectivity index (χ1n) is 4.90. The van der Waals surface area contributed by atoms with Gasteiger partial charge in [0, 0.05) is 14.2 Å². The maximum atomic E-state index is 6.20. The molecule has 0 aliphatic carbocycles. The number of hydrogen-bond donors (Lipinski definition) is 0. The lowest BCUT2D eigenvalue weighted by Crippen LogP contribution is -2.52. The highest BCUT2D eigenvalue weighted by atomic mass is 28.4. The second-order valence-corrected chi connectivity index (χ2v) is 11.5. The van der Waals surface area contributed by atoms with Crippen LogP contribution in [0.25, 0.3) is 0 Å². The number of hydrogen-bond acceptors (Lipinski definition) is 3. The maximum Gasteiger partial charge on any atom is 0.227 e. The molecular formula is C10H22O3Si2. The van der Waals surface area contributed by atoms with Crippen molar-refractivity contribution in [1.82, 2.24) is 0 Å². The average molecular weight is 246 g/mol. The van der Waals surface area contributed by atoms with Gasteiger partial charge in [-0.1, -0.05) is 11.4 Å². The summed E-state index contributed by atoms with van der Waals surface area (Å²) in [6, 6.07) is 0. The normalized spacial score (nSPS) is 18.9. The van der Waals surface area contributed by atoms with Crippen molar-refractivity contribution in [2.24, 2.45) is 0 Å². The van der Waals surface area contributed by atoms with E-state index in [1.165, 1.54) is 0 Å². The Morgan fingerprint density at radius 3 is 1.47 bits per heavy atom. The Morgan fingerprint density at radius 1 is 0.933 bits per heavy atom. The predicted octanol–water partition coefficient (Wildman–Crippen LogP) is 1.98. The summed E-state index contributed by atoms with van der Waals surface area (Å²) in [7, 11) is -0.566. The van der Waals surface area contributed by atoms with Gasteiger partial charge in [0.2, 0.25) is 16.6 Å². The van der Waals surface area contributed by atoms with Gasteiger partial charge < -0.3 is 13.6 Å². The van der Waals surface area contributed by atoms with Gasteiger partial charge in [0.1, 0.15) is 0 Å². The molecule has 0 rings (SSSR count). The van der Waals surface area contributed by atoms with Gasteiger partial charge in [0.05, 0.1) is 12.5 Å². The maximum absolute atomic E-state index is 6.20. The van der Waals surface area contributed by atoms with E-state index in [1.54, 1.807) is 14.2 Å². The van der Waals surface area contributed by atoms with Crippen LogP contribution in [-0.4, -0.2) is 43.3 Å². The summed E-state index contributed by atoms with van der Waals surface area (Å²) < 4.78 is 16.6. The summed E-state index contributed by atoms with van der Waals surface area (Å²) in [4.78, 5) is 0. The molecule has 0 bridgehead atoms. The Labute approximate surface area is 95.0 Å². The van der Waals surface area contributed by atoms with Crippen LogP contribution in [0.3, 0.4) is 0 Å². The van der Waals surface area contributed by atoms with E-state index in [9.17, 15) is 0 Å². The van der Waals surface area contributed by atoms with Crippen LogP contribution in [0, 0.1) is 0 Å². The fourth-order valence-corrected chi connectivity index (χ4v) is 8.15. The van der Waals surface area contributed by atoms with Gasteiger partial charge in [0.25, 0.3) is 0 Å². The van der Waals surface area contributed by atoms with Gasteiger partial charge in [-0.25, -0.2) is 0 Å². The van der Waals surface area contributed by atoms with Crippen molar-refractivity contribution < 1.29 is 13.6 Å². The highest BCUT2D eigenvalue weighted by Gasteiger charge is 2.36. The van der Waals surface area contributed by atoms with Gasteiger partial charge in [0.15, 0.2) is 0 Å². The van der Waals surface area contributed by atoms with Crippen LogP contribution in [-0.2, 0) is 13.6 Å². The van der Waals surface area contributed by atoms with Crippen molar-refractivity contribution in [3.8, 4) is 0 Å². The Balaban J connectivity index is 4.61. The lowest BCUT2D eigenvalue weighted by Gasteiger charge is -2.33. The van der Waals surface area contributed by atoms with Gasteiger partial charge in [-0.05, 0) is 13.1 Å². The van der Waals surface area contributed by atoms with Gasteiger partial charge >= 0.3 is 0 Å². The minimum atomic E-state index is -1.96. The zero-order chi connectivity index (χ0) is 11.9. The van der Waals surface area contributed by atoms with E-state index in [2.05, 4.69) is 26.3 Å². The molecule has 0 N–H and O–H groups in total. The van der Waals surface area contributed by atoms with E-state index in [1.807, 2.05) is 11.4 Å². The van der Waals surface area contributed by atoms with Crippen LogP contribution in [0.2, 0.25) is 13.1 Å². The topological polar surface area (TPSA) is 27.7 Å². The third-order valence-corrected chi connectivity index (χ3v) is 9.37. The van der Waals surface area contributed by atoms with Crippen LogP contribution in [0.5, 0.6) is 0 Å². The Morgan fingerprint density at radius 2 is 1.27 bits per heavy atom. The molecule has 15 heavy (non-hydrogen) atoms. The van der Waals surface area contributed by atoms with Crippen molar-refractivity contribution in [2.45, 2.75) is 13.1 Å². The highest BCUT2D eigenvalue weighted by Crippen LogP contribution is 2.17. The van der Waals surface area contributed by atoms with E-state index in [0.717, 1.165) is 0 Å². The lowest BCUT2D eigenvalue weighted by atomic mass is 11.3. The fourth-order valence-electron chi connectivity index (χ4n) is 1.37. The molecule has 0 radical (unpaired) electrons. The standard InChI is InChI=1S/C10H22O3Si2/c1-7-14(5,9-11-3)13-15(6,8-2)10-12-4/h7-8H,1-2,9-10H2,3-6H3. The zero-order valence-electron chi connectivity index (χ0n) is 10.2. The van der Waals surface area contributed by atoms with Crippen LogP contribution in [0.15, 0.2) is 24.6 Å². The highest BCUT2D eigenvalue weighted by molar-refractivity contribution is 6.90. The molecule has 0 fully saturated rings. The molecule has 3 nitrogen and oxygen atoms in total. The zero-order valence-corrected chi connectivity index (χ0v) is 12.2. The van der Waals surface area contributed by atoms with E-state index < -0.39 is 16.6 Å². The molecule has 0 spiro atoms. The molecule has 0 aliphatic rings. The smallest absolute Gasteiger partial charge is 0.227 e. The van der Waals surface area contributed by atoms with Crippen molar-refractivity contribution in [2.75, 3.05) is 26.7 Å². The number of ether oxygens (including phenoxy) is 2. The molecule has 2 atom stereocenters. The molecule has 88 valence electrons. The van der Waals surface area contributed by atoms with E-state index in [0.29, 0.717) is 12.5 Å². The van der Waals surface area contributed by atoms with Crippen LogP contribution < -0.4 is 0 Å². The Bertz CT molecular complexity index is 201. The molecule has 0 amide bonds. The van der Waals surface area contributed by atoms with Crippen LogP contribution in [0.4, 0.5) is 0 Å². The molecule has 0 aromatic rings. The summed E-state index contributed by atoms with van der Waals surface area (Å²) >= 11 is 0. The van der Waals surface area contributed by atoms with Crippen LogP contribution in [0.1, 0.15) is 0 Å². The average Bonchev–Trinajstić information content (AvgIpc) is 2.18. The van der Waals surface area contributed by atoms with E-state index >= 15 is 0 Å². The van der Waals surface area contributed by atoms with E-state index in [-0.39, 0.29) is 0 Å². The fraction of sp³-hybridized carbons (Fsp3) is 0.600. The van der Waals surface area contributed by atoms with E-state index in [4.69, 9.17) is 13.6 Å². The summed E-state index contributed by atoms with van der Waals surface area (Å²) in [5.41, 5.74) is 3.81. The number of methoxy groups -OCH3 is 2. The third kappa shape index (κ3) is 4.90. The minimum Gasteiger partial charge on any atom is -0.447 e.